The Morgan fingerprint density at radius 2 is 1.72 bits per heavy atom. The molecule has 184 valence electrons. The van der Waals surface area contributed by atoms with Gasteiger partial charge >= 0.3 is 0 Å². The molecule has 0 heterocycles. The fourth-order valence-corrected chi connectivity index (χ4v) is 3.90. The van der Waals surface area contributed by atoms with Gasteiger partial charge in [-0.2, -0.15) is 0 Å². The molecule has 0 saturated carbocycles. The van der Waals surface area contributed by atoms with Crippen molar-refractivity contribution in [2.75, 3.05) is 27.4 Å². The predicted octanol–water partition coefficient (Wildman–Crippen LogP) is 3.15. The highest BCUT2D eigenvalue weighted by Gasteiger charge is 2.28. The van der Waals surface area contributed by atoms with Crippen LogP contribution in [0.2, 0.25) is 0 Å². The minimum absolute atomic E-state index is 0.0665. The van der Waals surface area contributed by atoms with Gasteiger partial charge in [0.2, 0.25) is 5.91 Å². The number of methoxy groups -OCH3 is 2. The summed E-state index contributed by atoms with van der Waals surface area (Å²) in [6, 6.07) is 5.56. The van der Waals surface area contributed by atoms with Crippen LogP contribution < -0.4 is 20.9 Å². The van der Waals surface area contributed by atoms with E-state index in [0.717, 1.165) is 18.4 Å². The fraction of sp³-hybridized carbons (Fsp3) is 0.720. The van der Waals surface area contributed by atoms with E-state index in [1.807, 2.05) is 32.0 Å². The number of ether oxygens (including phenoxy) is 3. The van der Waals surface area contributed by atoms with Gasteiger partial charge in [-0.05, 0) is 54.7 Å². The molecule has 0 radical (unpaired) electrons. The standard InChI is InChI=1S/C25H44N2O5/c1-16(2)19(14-21(26)22(28)15-20(17(3)4)25(27)29)12-18-8-9-23(31-6)24(13-18)32-11-7-10-30-5/h8-9,13,16-17,19-22,28H,7,10-12,14-15,26H2,1-6H3,(H2,27,29)/t19?,20?,21?,22-/m0/s1. The van der Waals surface area contributed by atoms with E-state index in [1.165, 1.54) is 0 Å². The fourth-order valence-electron chi connectivity index (χ4n) is 3.90. The zero-order chi connectivity index (χ0) is 24.3. The number of aliphatic hydroxyl groups excluding tert-OH is 1. The summed E-state index contributed by atoms with van der Waals surface area (Å²) in [6.45, 7) is 9.39. The van der Waals surface area contributed by atoms with Crippen LogP contribution in [-0.4, -0.2) is 50.6 Å². The van der Waals surface area contributed by atoms with Gasteiger partial charge in [0, 0.05) is 32.1 Å². The molecular weight excluding hydrogens is 408 g/mol. The quantitative estimate of drug-likeness (QED) is 0.332. The molecule has 0 spiro atoms. The predicted molar refractivity (Wildman–Crippen MR) is 128 cm³/mol. The monoisotopic (exact) mass is 452 g/mol. The van der Waals surface area contributed by atoms with Gasteiger partial charge in [-0.25, -0.2) is 0 Å². The molecular formula is C25H44N2O5. The Morgan fingerprint density at radius 1 is 1.03 bits per heavy atom. The van der Waals surface area contributed by atoms with Crippen LogP contribution in [0.25, 0.3) is 0 Å². The van der Waals surface area contributed by atoms with Crippen molar-refractivity contribution in [2.24, 2.45) is 35.1 Å². The second-order valence-corrected chi connectivity index (χ2v) is 9.34. The van der Waals surface area contributed by atoms with E-state index >= 15 is 0 Å². The van der Waals surface area contributed by atoms with Crippen molar-refractivity contribution < 1.29 is 24.1 Å². The van der Waals surface area contributed by atoms with Crippen LogP contribution in [0.3, 0.4) is 0 Å². The van der Waals surface area contributed by atoms with Crippen LogP contribution >= 0.6 is 0 Å². The lowest BCUT2D eigenvalue weighted by Crippen LogP contribution is -2.41. The number of rotatable bonds is 16. The molecule has 7 heteroatoms. The second-order valence-electron chi connectivity index (χ2n) is 9.34. The molecule has 0 aliphatic carbocycles. The Labute approximate surface area is 193 Å². The van der Waals surface area contributed by atoms with Crippen LogP contribution in [0.15, 0.2) is 18.2 Å². The van der Waals surface area contributed by atoms with E-state index in [2.05, 4.69) is 13.8 Å². The summed E-state index contributed by atoms with van der Waals surface area (Å²) in [5, 5.41) is 10.7. The Balaban J connectivity index is 2.84. The zero-order valence-corrected chi connectivity index (χ0v) is 20.7. The average molecular weight is 453 g/mol. The molecule has 0 saturated heterocycles. The molecule has 5 N–H and O–H groups in total. The Bertz CT molecular complexity index is 680. The van der Waals surface area contributed by atoms with Crippen molar-refractivity contribution in [1.82, 2.24) is 0 Å². The number of primary amides is 1. The summed E-state index contributed by atoms with van der Waals surface area (Å²) in [6.07, 6.45) is 1.78. The molecule has 7 nitrogen and oxygen atoms in total. The first kappa shape index (κ1) is 28.2. The van der Waals surface area contributed by atoms with Crippen molar-refractivity contribution in [2.45, 2.75) is 65.5 Å². The van der Waals surface area contributed by atoms with E-state index in [-0.39, 0.29) is 23.7 Å². The molecule has 1 aromatic rings. The molecule has 3 unspecified atom stereocenters. The lowest BCUT2D eigenvalue weighted by atomic mass is 9.81. The molecule has 1 aromatic carbocycles. The second kappa shape index (κ2) is 14.3. The largest absolute Gasteiger partial charge is 0.493 e. The van der Waals surface area contributed by atoms with Crippen LogP contribution in [0.4, 0.5) is 0 Å². The highest BCUT2D eigenvalue weighted by Crippen LogP contribution is 2.31. The van der Waals surface area contributed by atoms with Crippen molar-refractivity contribution in [1.29, 1.82) is 0 Å². The van der Waals surface area contributed by atoms with Crippen molar-refractivity contribution in [3.8, 4) is 11.5 Å². The third-order valence-electron chi connectivity index (χ3n) is 6.15. The Hall–Kier alpha value is -1.83. The first-order valence-electron chi connectivity index (χ1n) is 11.6. The Kier molecular flexibility index (Phi) is 12.6. The number of aliphatic hydroxyl groups is 1. The lowest BCUT2D eigenvalue weighted by Gasteiger charge is -2.29. The van der Waals surface area contributed by atoms with E-state index in [4.69, 9.17) is 25.7 Å². The number of hydrogen-bond donors (Lipinski definition) is 3. The molecule has 0 bridgehead atoms. The topological polar surface area (TPSA) is 117 Å². The summed E-state index contributed by atoms with van der Waals surface area (Å²) in [4.78, 5) is 11.7. The van der Waals surface area contributed by atoms with Gasteiger partial charge in [0.15, 0.2) is 11.5 Å². The lowest BCUT2D eigenvalue weighted by molar-refractivity contribution is -0.124. The molecule has 1 rings (SSSR count). The summed E-state index contributed by atoms with van der Waals surface area (Å²) in [5.74, 6) is 1.35. The SMILES string of the molecule is COCCCOc1cc(CC(CC(N)[C@@H](O)CC(C(N)=O)C(C)C)C(C)C)ccc1OC. The zero-order valence-electron chi connectivity index (χ0n) is 20.7. The van der Waals surface area contributed by atoms with Gasteiger partial charge in [-0.15, -0.1) is 0 Å². The smallest absolute Gasteiger partial charge is 0.220 e. The molecule has 0 fully saturated rings. The maximum Gasteiger partial charge on any atom is 0.220 e. The molecule has 1 amide bonds. The number of amides is 1. The summed E-state index contributed by atoms with van der Waals surface area (Å²) >= 11 is 0. The van der Waals surface area contributed by atoms with E-state index in [0.29, 0.717) is 43.5 Å². The van der Waals surface area contributed by atoms with Gasteiger partial charge in [-0.1, -0.05) is 33.8 Å². The number of carbonyl (C=O) groups is 1. The summed E-state index contributed by atoms with van der Waals surface area (Å²) in [7, 11) is 3.30. The number of carbonyl (C=O) groups excluding carboxylic acids is 1. The molecule has 0 aromatic heterocycles. The molecule has 32 heavy (non-hydrogen) atoms. The van der Waals surface area contributed by atoms with Gasteiger partial charge < -0.3 is 30.8 Å². The summed E-state index contributed by atoms with van der Waals surface area (Å²) < 4.78 is 16.4. The maximum atomic E-state index is 11.7. The normalized spacial score (nSPS) is 15.4. The van der Waals surface area contributed by atoms with Gasteiger partial charge in [0.05, 0.1) is 19.8 Å². The van der Waals surface area contributed by atoms with Crippen LogP contribution in [0.1, 0.15) is 52.5 Å². The third kappa shape index (κ3) is 9.35. The first-order valence-corrected chi connectivity index (χ1v) is 11.6. The van der Waals surface area contributed by atoms with Crippen LogP contribution in [0.5, 0.6) is 11.5 Å². The van der Waals surface area contributed by atoms with Crippen molar-refractivity contribution in [3.05, 3.63) is 23.8 Å². The number of hydrogen-bond acceptors (Lipinski definition) is 6. The number of nitrogens with two attached hydrogens (primary N) is 2. The third-order valence-corrected chi connectivity index (χ3v) is 6.15. The minimum Gasteiger partial charge on any atom is -0.493 e. The van der Waals surface area contributed by atoms with Crippen molar-refractivity contribution >= 4 is 5.91 Å². The van der Waals surface area contributed by atoms with E-state index < -0.39 is 12.1 Å². The molecule has 0 aliphatic rings. The van der Waals surface area contributed by atoms with Crippen LogP contribution in [0, 0.1) is 23.7 Å². The highest BCUT2D eigenvalue weighted by molar-refractivity contribution is 5.76. The maximum absolute atomic E-state index is 11.7. The first-order chi connectivity index (χ1) is 15.1. The van der Waals surface area contributed by atoms with Crippen LogP contribution in [-0.2, 0) is 16.0 Å². The van der Waals surface area contributed by atoms with Crippen molar-refractivity contribution in [3.63, 3.8) is 0 Å². The molecule has 0 aliphatic heterocycles. The van der Waals surface area contributed by atoms with E-state index in [9.17, 15) is 9.90 Å². The average Bonchev–Trinajstić information content (AvgIpc) is 2.73. The van der Waals surface area contributed by atoms with Gasteiger partial charge in [-0.3, -0.25) is 4.79 Å². The Morgan fingerprint density at radius 3 is 2.25 bits per heavy atom. The molecule has 4 atom stereocenters. The highest BCUT2D eigenvalue weighted by atomic mass is 16.5. The van der Waals surface area contributed by atoms with Gasteiger partial charge in [0.25, 0.3) is 0 Å². The number of benzene rings is 1. The minimum atomic E-state index is -0.772. The van der Waals surface area contributed by atoms with Gasteiger partial charge in [0.1, 0.15) is 0 Å². The summed E-state index contributed by atoms with van der Waals surface area (Å²) in [5.41, 5.74) is 13.0. The van der Waals surface area contributed by atoms with E-state index in [1.54, 1.807) is 14.2 Å².